The van der Waals surface area contributed by atoms with Crippen LogP contribution in [0.25, 0.3) is 0 Å². The molecule has 60 valence electrons. The maximum atomic E-state index is 10.9. The van der Waals surface area contributed by atoms with Gasteiger partial charge >= 0.3 is 11.9 Å². The van der Waals surface area contributed by atoms with Gasteiger partial charge in [-0.05, 0) is 6.42 Å². The molecule has 0 radical (unpaired) electrons. The molecule has 0 saturated carbocycles. The molecule has 1 heterocycles. The summed E-state index contributed by atoms with van der Waals surface area (Å²) in [5.41, 5.74) is 0.779. The highest BCUT2D eigenvalue weighted by molar-refractivity contribution is 5.96. The fraction of sp³-hybridized carbons (Fsp3) is 0.500. The van der Waals surface area contributed by atoms with E-state index in [0.29, 0.717) is 6.42 Å². The van der Waals surface area contributed by atoms with Gasteiger partial charge in [0.05, 0.1) is 12.3 Å². The molecule has 0 spiro atoms. The summed E-state index contributed by atoms with van der Waals surface area (Å²) in [4.78, 5) is 21.5. The van der Waals surface area contributed by atoms with Gasteiger partial charge in [0, 0.05) is 0 Å². The van der Waals surface area contributed by atoms with E-state index >= 15 is 0 Å². The van der Waals surface area contributed by atoms with Crippen molar-refractivity contribution in [2.24, 2.45) is 5.92 Å². The zero-order valence-corrected chi connectivity index (χ0v) is 6.42. The third-order valence-electron chi connectivity index (χ3n) is 1.82. The Morgan fingerprint density at radius 3 is 2.73 bits per heavy atom. The predicted octanol–water partition coefficient (Wildman–Crippen LogP) is 1.04. The third-order valence-corrected chi connectivity index (χ3v) is 1.82. The SMILES string of the molecule is C=C(CC)C1CC(=O)OC1=O. The lowest BCUT2D eigenvalue weighted by Crippen LogP contribution is -2.08. The van der Waals surface area contributed by atoms with E-state index in [4.69, 9.17) is 0 Å². The molecule has 0 aromatic rings. The molecule has 1 saturated heterocycles. The Hall–Kier alpha value is -1.12. The molecule has 0 N–H and O–H groups in total. The van der Waals surface area contributed by atoms with E-state index in [1.54, 1.807) is 0 Å². The molecule has 1 unspecified atom stereocenters. The standard InChI is InChI=1S/C8H10O3/c1-3-5(2)6-4-7(9)11-8(6)10/h6H,2-4H2,1H3. The number of hydrogen-bond acceptors (Lipinski definition) is 3. The van der Waals surface area contributed by atoms with Crippen LogP contribution in [-0.4, -0.2) is 11.9 Å². The highest BCUT2D eigenvalue weighted by Crippen LogP contribution is 2.24. The average molecular weight is 154 g/mol. The zero-order chi connectivity index (χ0) is 8.43. The minimum atomic E-state index is -0.443. The predicted molar refractivity (Wildman–Crippen MR) is 38.6 cm³/mol. The van der Waals surface area contributed by atoms with Crippen LogP contribution in [0.2, 0.25) is 0 Å². The average Bonchev–Trinajstić information content (AvgIpc) is 2.28. The maximum Gasteiger partial charge on any atom is 0.321 e. The van der Waals surface area contributed by atoms with Crippen molar-refractivity contribution >= 4 is 11.9 Å². The fourth-order valence-electron chi connectivity index (χ4n) is 1.03. The molecular formula is C8H10O3. The highest BCUT2D eigenvalue weighted by Gasteiger charge is 2.34. The van der Waals surface area contributed by atoms with Crippen molar-refractivity contribution in [2.75, 3.05) is 0 Å². The first-order valence-corrected chi connectivity index (χ1v) is 3.57. The molecule has 0 bridgehead atoms. The third kappa shape index (κ3) is 1.48. The van der Waals surface area contributed by atoms with Gasteiger partial charge in [-0.1, -0.05) is 19.1 Å². The largest absolute Gasteiger partial charge is 0.393 e. The molecule has 0 aromatic heterocycles. The Morgan fingerprint density at radius 2 is 2.36 bits per heavy atom. The molecule has 1 rings (SSSR count). The van der Waals surface area contributed by atoms with Crippen molar-refractivity contribution in [1.29, 1.82) is 0 Å². The lowest BCUT2D eigenvalue weighted by Gasteiger charge is -2.03. The van der Waals surface area contributed by atoms with Gasteiger partial charge in [0.15, 0.2) is 0 Å². The van der Waals surface area contributed by atoms with Gasteiger partial charge in [0.1, 0.15) is 0 Å². The van der Waals surface area contributed by atoms with Crippen molar-refractivity contribution in [1.82, 2.24) is 0 Å². The van der Waals surface area contributed by atoms with Gasteiger partial charge in [-0.2, -0.15) is 0 Å². The first kappa shape index (κ1) is 7.98. The number of rotatable bonds is 2. The Labute approximate surface area is 65.0 Å². The Morgan fingerprint density at radius 1 is 1.73 bits per heavy atom. The quantitative estimate of drug-likeness (QED) is 0.339. The second kappa shape index (κ2) is 2.86. The van der Waals surface area contributed by atoms with E-state index in [2.05, 4.69) is 11.3 Å². The van der Waals surface area contributed by atoms with Gasteiger partial charge in [-0.15, -0.1) is 0 Å². The van der Waals surface area contributed by atoms with Crippen LogP contribution < -0.4 is 0 Å². The first-order chi connectivity index (χ1) is 5.15. The molecular weight excluding hydrogens is 144 g/mol. The summed E-state index contributed by atoms with van der Waals surface area (Å²) >= 11 is 0. The molecule has 11 heavy (non-hydrogen) atoms. The van der Waals surface area contributed by atoms with E-state index in [1.807, 2.05) is 6.92 Å². The summed E-state index contributed by atoms with van der Waals surface area (Å²) in [7, 11) is 0. The van der Waals surface area contributed by atoms with E-state index in [1.165, 1.54) is 0 Å². The molecule has 1 fully saturated rings. The second-order valence-electron chi connectivity index (χ2n) is 2.56. The summed E-state index contributed by atoms with van der Waals surface area (Å²) in [5, 5.41) is 0. The number of hydrogen-bond donors (Lipinski definition) is 0. The molecule has 3 nitrogen and oxygen atoms in total. The van der Waals surface area contributed by atoms with Crippen LogP contribution in [0.3, 0.4) is 0 Å². The summed E-state index contributed by atoms with van der Waals surface area (Å²) in [6.45, 7) is 5.59. The maximum absolute atomic E-state index is 10.9. The Bertz CT molecular complexity index is 217. The molecule has 0 aromatic carbocycles. The van der Waals surface area contributed by atoms with Crippen LogP contribution in [-0.2, 0) is 14.3 Å². The monoisotopic (exact) mass is 154 g/mol. The Kier molecular flexibility index (Phi) is 2.08. The van der Waals surface area contributed by atoms with Crippen LogP contribution >= 0.6 is 0 Å². The van der Waals surface area contributed by atoms with Crippen molar-refractivity contribution < 1.29 is 14.3 Å². The van der Waals surface area contributed by atoms with Crippen LogP contribution in [0.5, 0.6) is 0 Å². The molecule has 0 aliphatic carbocycles. The van der Waals surface area contributed by atoms with Crippen molar-refractivity contribution in [3.63, 3.8) is 0 Å². The number of carbonyl (C=O) groups excluding carboxylic acids is 2. The van der Waals surface area contributed by atoms with Crippen LogP contribution in [0.15, 0.2) is 12.2 Å². The zero-order valence-electron chi connectivity index (χ0n) is 6.42. The van der Waals surface area contributed by atoms with Crippen LogP contribution in [0, 0.1) is 5.92 Å². The first-order valence-electron chi connectivity index (χ1n) is 3.57. The molecule has 3 heteroatoms. The van der Waals surface area contributed by atoms with E-state index in [0.717, 1.165) is 5.57 Å². The van der Waals surface area contributed by atoms with Crippen molar-refractivity contribution in [3.8, 4) is 0 Å². The second-order valence-corrected chi connectivity index (χ2v) is 2.56. The number of carbonyl (C=O) groups is 2. The lowest BCUT2D eigenvalue weighted by atomic mass is 9.97. The molecule has 1 aliphatic heterocycles. The summed E-state index contributed by atoms with van der Waals surface area (Å²) < 4.78 is 4.36. The van der Waals surface area contributed by atoms with Crippen LogP contribution in [0.4, 0.5) is 0 Å². The molecule has 0 amide bonds. The van der Waals surface area contributed by atoms with Crippen LogP contribution in [0.1, 0.15) is 19.8 Å². The number of ether oxygens (including phenoxy) is 1. The summed E-state index contributed by atoms with van der Waals surface area (Å²) in [6, 6.07) is 0. The topological polar surface area (TPSA) is 43.4 Å². The number of esters is 2. The molecule has 1 atom stereocenters. The minimum absolute atomic E-state index is 0.172. The van der Waals surface area contributed by atoms with Crippen molar-refractivity contribution in [2.45, 2.75) is 19.8 Å². The summed E-state index contributed by atoms with van der Waals surface area (Å²) in [6.07, 6.45) is 0.887. The van der Waals surface area contributed by atoms with Gasteiger partial charge in [0.2, 0.25) is 0 Å². The Balaban J connectivity index is 2.67. The van der Waals surface area contributed by atoms with E-state index in [9.17, 15) is 9.59 Å². The van der Waals surface area contributed by atoms with E-state index < -0.39 is 11.9 Å². The fourth-order valence-corrected chi connectivity index (χ4v) is 1.03. The van der Waals surface area contributed by atoms with Gasteiger partial charge in [-0.3, -0.25) is 9.59 Å². The van der Waals surface area contributed by atoms with Crippen molar-refractivity contribution in [3.05, 3.63) is 12.2 Å². The number of cyclic esters (lactones) is 2. The smallest absolute Gasteiger partial charge is 0.321 e. The summed E-state index contributed by atoms with van der Waals surface area (Å²) in [5.74, 6) is -1.26. The lowest BCUT2D eigenvalue weighted by molar-refractivity contribution is -0.152. The van der Waals surface area contributed by atoms with Gasteiger partial charge < -0.3 is 4.74 Å². The van der Waals surface area contributed by atoms with Gasteiger partial charge in [0.25, 0.3) is 0 Å². The van der Waals surface area contributed by atoms with Gasteiger partial charge in [-0.25, -0.2) is 0 Å². The minimum Gasteiger partial charge on any atom is -0.393 e. The molecule has 1 aliphatic rings. The van der Waals surface area contributed by atoms with E-state index in [-0.39, 0.29) is 12.3 Å². The highest BCUT2D eigenvalue weighted by atomic mass is 16.6. The normalized spacial score (nSPS) is 23.5.